The molecule has 0 saturated carbocycles. The smallest absolute Gasteiger partial charge is 0.243 e. The molecule has 1 atom stereocenters. The number of Topliss-reactive ketones (excluding diaryl/α,β-unsaturated/α-hetero) is 1. The molecule has 7 nitrogen and oxygen atoms in total. The number of hydrogen-bond donors (Lipinski definition) is 1. The Morgan fingerprint density at radius 2 is 1.65 bits per heavy atom. The normalized spacial score (nSPS) is 16.7. The summed E-state index contributed by atoms with van der Waals surface area (Å²) in [5.74, 6) is -0.0944. The second kappa shape index (κ2) is 9.45. The number of carbonyl (C=O) groups excluding carboxylic acids is 2. The van der Waals surface area contributed by atoms with E-state index in [1.165, 1.54) is 35.5 Å². The van der Waals surface area contributed by atoms with Gasteiger partial charge in [0.2, 0.25) is 15.9 Å². The van der Waals surface area contributed by atoms with Crippen molar-refractivity contribution in [1.82, 2.24) is 9.21 Å². The number of benzene rings is 1. The van der Waals surface area contributed by atoms with E-state index in [0.29, 0.717) is 31.5 Å². The van der Waals surface area contributed by atoms with Crippen molar-refractivity contribution in [3.05, 3.63) is 29.8 Å². The van der Waals surface area contributed by atoms with Crippen LogP contribution in [0.15, 0.2) is 29.2 Å². The second-order valence-corrected chi connectivity index (χ2v) is 8.32. The molecule has 9 heteroatoms. The third-order valence-electron chi connectivity index (χ3n) is 4.30. The summed E-state index contributed by atoms with van der Waals surface area (Å²) in [5, 5.41) is 0. The molecule has 0 spiro atoms. The Hall–Kier alpha value is -1.48. The molecule has 1 saturated heterocycles. The summed E-state index contributed by atoms with van der Waals surface area (Å²) in [6, 6.07) is 5.91. The summed E-state index contributed by atoms with van der Waals surface area (Å²) >= 11 is 0. The van der Waals surface area contributed by atoms with Gasteiger partial charge in [-0.15, -0.1) is 12.4 Å². The number of rotatable bonds is 6. The van der Waals surface area contributed by atoms with Gasteiger partial charge in [-0.1, -0.05) is 12.1 Å². The van der Waals surface area contributed by atoms with E-state index in [1.807, 2.05) is 6.92 Å². The average molecular weight is 404 g/mol. The first kappa shape index (κ1) is 22.6. The standard InChI is InChI=1S/C17H25N3O4S.ClH/c1-13(18)3-8-17(22)19-9-11-20(12-10-19)25(23,24)16-6-4-15(5-7-16)14(2)21;/h4-7,13H,3,8-12,18H2,1-2H3;1H. The van der Waals surface area contributed by atoms with Gasteiger partial charge < -0.3 is 10.6 Å². The Balaban J connectivity index is 0.00000338. The molecule has 2 rings (SSSR count). The molecule has 0 aliphatic carbocycles. The van der Waals surface area contributed by atoms with E-state index >= 15 is 0 Å². The third kappa shape index (κ3) is 5.51. The number of nitrogens with zero attached hydrogens (tertiary/aromatic N) is 2. The van der Waals surface area contributed by atoms with Crippen molar-refractivity contribution in [2.24, 2.45) is 5.73 Å². The van der Waals surface area contributed by atoms with Gasteiger partial charge in [0.15, 0.2) is 5.78 Å². The largest absolute Gasteiger partial charge is 0.340 e. The van der Waals surface area contributed by atoms with Gasteiger partial charge in [-0.05, 0) is 32.4 Å². The number of piperazine rings is 1. The van der Waals surface area contributed by atoms with E-state index < -0.39 is 10.0 Å². The zero-order valence-electron chi connectivity index (χ0n) is 15.1. The van der Waals surface area contributed by atoms with Crippen LogP contribution in [0.1, 0.15) is 37.0 Å². The molecule has 0 aromatic heterocycles. The van der Waals surface area contributed by atoms with E-state index in [1.54, 1.807) is 4.90 Å². The maximum Gasteiger partial charge on any atom is 0.243 e. The fraction of sp³-hybridized carbons (Fsp3) is 0.529. The first-order chi connectivity index (χ1) is 11.7. The molecule has 1 heterocycles. The Kier molecular flexibility index (Phi) is 8.20. The lowest BCUT2D eigenvalue weighted by atomic mass is 10.2. The van der Waals surface area contributed by atoms with Crippen molar-refractivity contribution in [3.63, 3.8) is 0 Å². The van der Waals surface area contributed by atoms with Gasteiger partial charge in [0.1, 0.15) is 0 Å². The highest BCUT2D eigenvalue weighted by Crippen LogP contribution is 2.19. The summed E-state index contributed by atoms with van der Waals surface area (Å²) in [6.07, 6.45) is 1.01. The summed E-state index contributed by atoms with van der Waals surface area (Å²) in [5.41, 5.74) is 6.14. The zero-order chi connectivity index (χ0) is 18.6. The molecule has 26 heavy (non-hydrogen) atoms. The minimum Gasteiger partial charge on any atom is -0.340 e. The van der Waals surface area contributed by atoms with Crippen LogP contribution in [-0.2, 0) is 14.8 Å². The maximum absolute atomic E-state index is 12.7. The van der Waals surface area contributed by atoms with Crippen LogP contribution in [0.4, 0.5) is 0 Å². The van der Waals surface area contributed by atoms with Crippen molar-refractivity contribution >= 4 is 34.1 Å². The minimum absolute atomic E-state index is 0. The highest BCUT2D eigenvalue weighted by atomic mass is 35.5. The van der Waals surface area contributed by atoms with Gasteiger partial charge in [0.05, 0.1) is 4.90 Å². The highest BCUT2D eigenvalue weighted by molar-refractivity contribution is 7.89. The first-order valence-electron chi connectivity index (χ1n) is 8.36. The molecular weight excluding hydrogens is 378 g/mol. The lowest BCUT2D eigenvalue weighted by Gasteiger charge is -2.34. The minimum atomic E-state index is -3.62. The summed E-state index contributed by atoms with van der Waals surface area (Å²) in [4.78, 5) is 25.2. The number of halogens is 1. The van der Waals surface area contributed by atoms with E-state index in [-0.39, 0.29) is 48.1 Å². The quantitative estimate of drug-likeness (QED) is 0.721. The Labute approximate surface area is 161 Å². The van der Waals surface area contributed by atoms with Crippen LogP contribution >= 0.6 is 12.4 Å². The Morgan fingerprint density at radius 1 is 1.12 bits per heavy atom. The van der Waals surface area contributed by atoms with Crippen molar-refractivity contribution < 1.29 is 18.0 Å². The fourth-order valence-electron chi connectivity index (χ4n) is 2.70. The monoisotopic (exact) mass is 403 g/mol. The van der Waals surface area contributed by atoms with Gasteiger partial charge in [-0.25, -0.2) is 8.42 Å². The molecule has 0 bridgehead atoms. The molecule has 1 fully saturated rings. The van der Waals surface area contributed by atoms with E-state index in [9.17, 15) is 18.0 Å². The van der Waals surface area contributed by atoms with E-state index in [4.69, 9.17) is 5.73 Å². The topological polar surface area (TPSA) is 101 Å². The fourth-order valence-corrected chi connectivity index (χ4v) is 4.12. The Bertz CT molecular complexity index is 727. The molecule has 146 valence electrons. The lowest BCUT2D eigenvalue weighted by Crippen LogP contribution is -2.50. The van der Waals surface area contributed by atoms with Gasteiger partial charge in [0, 0.05) is 44.2 Å². The van der Waals surface area contributed by atoms with Crippen molar-refractivity contribution in [2.45, 2.75) is 37.6 Å². The van der Waals surface area contributed by atoms with Crippen LogP contribution in [0.3, 0.4) is 0 Å². The van der Waals surface area contributed by atoms with Gasteiger partial charge >= 0.3 is 0 Å². The summed E-state index contributed by atoms with van der Waals surface area (Å²) in [6.45, 7) is 4.58. The van der Waals surface area contributed by atoms with Crippen LogP contribution < -0.4 is 5.73 Å². The number of amides is 1. The van der Waals surface area contributed by atoms with Crippen LogP contribution in [0.2, 0.25) is 0 Å². The molecule has 1 unspecified atom stereocenters. The van der Waals surface area contributed by atoms with Crippen molar-refractivity contribution in [3.8, 4) is 0 Å². The maximum atomic E-state index is 12.7. The number of ketones is 1. The average Bonchev–Trinajstić information content (AvgIpc) is 2.59. The third-order valence-corrected chi connectivity index (χ3v) is 6.22. The van der Waals surface area contributed by atoms with Crippen LogP contribution in [0, 0.1) is 0 Å². The molecule has 1 aromatic rings. The zero-order valence-corrected chi connectivity index (χ0v) is 16.7. The molecule has 1 amide bonds. The van der Waals surface area contributed by atoms with Crippen molar-refractivity contribution in [2.75, 3.05) is 26.2 Å². The molecular formula is C17H26ClN3O4S. The number of sulfonamides is 1. The second-order valence-electron chi connectivity index (χ2n) is 6.38. The van der Waals surface area contributed by atoms with Crippen molar-refractivity contribution in [1.29, 1.82) is 0 Å². The first-order valence-corrected chi connectivity index (χ1v) is 9.80. The van der Waals surface area contributed by atoms with Gasteiger partial charge in [-0.2, -0.15) is 4.31 Å². The molecule has 0 radical (unpaired) electrons. The Morgan fingerprint density at radius 3 is 2.12 bits per heavy atom. The van der Waals surface area contributed by atoms with E-state index in [2.05, 4.69) is 0 Å². The van der Waals surface area contributed by atoms with Crippen LogP contribution in [0.25, 0.3) is 0 Å². The molecule has 1 aliphatic heterocycles. The van der Waals surface area contributed by atoms with Crippen LogP contribution in [0.5, 0.6) is 0 Å². The number of nitrogens with two attached hydrogens (primary N) is 1. The van der Waals surface area contributed by atoms with Gasteiger partial charge in [-0.3, -0.25) is 9.59 Å². The number of carbonyl (C=O) groups is 2. The molecule has 1 aliphatic rings. The summed E-state index contributed by atoms with van der Waals surface area (Å²) < 4.78 is 26.7. The highest BCUT2D eigenvalue weighted by Gasteiger charge is 2.30. The molecule has 2 N–H and O–H groups in total. The van der Waals surface area contributed by atoms with E-state index in [0.717, 1.165) is 0 Å². The lowest BCUT2D eigenvalue weighted by molar-refractivity contribution is -0.132. The van der Waals surface area contributed by atoms with Crippen LogP contribution in [-0.4, -0.2) is 61.5 Å². The van der Waals surface area contributed by atoms with Gasteiger partial charge in [0.25, 0.3) is 0 Å². The predicted molar refractivity (Wildman–Crippen MR) is 102 cm³/mol. The SMILES string of the molecule is CC(=O)c1ccc(S(=O)(=O)N2CCN(C(=O)CCC(C)N)CC2)cc1.Cl. The predicted octanol–water partition coefficient (Wildman–Crippen LogP) is 1.27. The summed E-state index contributed by atoms with van der Waals surface area (Å²) in [7, 11) is -3.62. The molecule has 1 aromatic carbocycles. The number of hydrogen-bond acceptors (Lipinski definition) is 5.